The van der Waals surface area contributed by atoms with Crippen molar-refractivity contribution in [2.45, 2.75) is 51.9 Å². The van der Waals surface area contributed by atoms with Crippen LogP contribution in [0.3, 0.4) is 0 Å². The molecule has 9 heteroatoms. The van der Waals surface area contributed by atoms with Crippen LogP contribution in [-0.4, -0.2) is 48.5 Å². The van der Waals surface area contributed by atoms with E-state index in [2.05, 4.69) is 32.7 Å². The average molecular weight is 477 g/mol. The fourth-order valence-corrected chi connectivity index (χ4v) is 4.06. The van der Waals surface area contributed by atoms with Gasteiger partial charge in [0, 0.05) is 18.2 Å². The molecule has 0 aliphatic carbocycles. The van der Waals surface area contributed by atoms with Crippen molar-refractivity contribution in [1.82, 2.24) is 19.5 Å². The molecule has 0 amide bonds. The SMILES string of the molecule is COc1ccc(O)c(CNc2nc(NC(C)CC(C)(C)O)nc3c2ncn3Cc2ccccc2)c1. The molecule has 0 aliphatic heterocycles. The minimum absolute atomic E-state index is 0.0618. The Hall–Kier alpha value is -3.85. The van der Waals surface area contributed by atoms with Gasteiger partial charge in [-0.05, 0) is 51.0 Å². The second-order valence-electron chi connectivity index (χ2n) is 9.34. The van der Waals surface area contributed by atoms with Gasteiger partial charge < -0.3 is 30.2 Å². The van der Waals surface area contributed by atoms with E-state index in [-0.39, 0.29) is 11.8 Å². The third-order valence-electron chi connectivity index (χ3n) is 5.57. The Morgan fingerprint density at radius 3 is 2.60 bits per heavy atom. The third kappa shape index (κ3) is 6.19. The lowest BCUT2D eigenvalue weighted by Gasteiger charge is -2.23. The Labute approximate surface area is 204 Å². The molecule has 4 rings (SSSR count). The fraction of sp³-hybridized carbons (Fsp3) is 0.346. The van der Waals surface area contributed by atoms with Gasteiger partial charge in [-0.15, -0.1) is 0 Å². The molecule has 184 valence electrons. The highest BCUT2D eigenvalue weighted by Gasteiger charge is 2.20. The zero-order valence-electron chi connectivity index (χ0n) is 20.5. The lowest BCUT2D eigenvalue weighted by atomic mass is 10.0. The van der Waals surface area contributed by atoms with E-state index in [0.717, 1.165) is 5.56 Å². The first-order valence-corrected chi connectivity index (χ1v) is 11.6. The summed E-state index contributed by atoms with van der Waals surface area (Å²) in [6, 6.07) is 15.1. The summed E-state index contributed by atoms with van der Waals surface area (Å²) >= 11 is 0. The molecule has 0 aliphatic rings. The van der Waals surface area contributed by atoms with Crippen molar-refractivity contribution in [1.29, 1.82) is 0 Å². The maximum absolute atomic E-state index is 10.3. The minimum Gasteiger partial charge on any atom is -0.508 e. The van der Waals surface area contributed by atoms with Crippen LogP contribution >= 0.6 is 0 Å². The summed E-state index contributed by atoms with van der Waals surface area (Å²) in [5.74, 6) is 1.79. The number of phenolic OH excluding ortho intramolecular Hbond substituents is 1. The number of nitrogens with one attached hydrogen (secondary N) is 2. The number of fused-ring (bicyclic) bond motifs is 1. The molecule has 0 saturated heterocycles. The first kappa shape index (κ1) is 24.3. The summed E-state index contributed by atoms with van der Waals surface area (Å²) in [6.07, 6.45) is 2.28. The smallest absolute Gasteiger partial charge is 0.226 e. The Morgan fingerprint density at radius 1 is 1.11 bits per heavy atom. The van der Waals surface area contributed by atoms with Crippen LogP contribution < -0.4 is 15.4 Å². The molecule has 1 atom stereocenters. The number of nitrogens with zero attached hydrogens (tertiary/aromatic N) is 4. The van der Waals surface area contributed by atoms with Crippen LogP contribution in [-0.2, 0) is 13.1 Å². The molecule has 4 N–H and O–H groups in total. The van der Waals surface area contributed by atoms with Gasteiger partial charge in [0.25, 0.3) is 0 Å². The first-order chi connectivity index (χ1) is 16.7. The van der Waals surface area contributed by atoms with Crippen LogP contribution in [0.5, 0.6) is 11.5 Å². The highest BCUT2D eigenvalue weighted by molar-refractivity contribution is 5.84. The number of aromatic hydroxyl groups is 1. The quantitative estimate of drug-likeness (QED) is 0.270. The van der Waals surface area contributed by atoms with Gasteiger partial charge in [0.15, 0.2) is 17.0 Å². The maximum Gasteiger partial charge on any atom is 0.226 e. The van der Waals surface area contributed by atoms with E-state index in [1.165, 1.54) is 0 Å². The number of aromatic nitrogens is 4. The number of aliphatic hydroxyl groups is 1. The topological polar surface area (TPSA) is 117 Å². The van der Waals surface area contributed by atoms with Crippen molar-refractivity contribution in [2.75, 3.05) is 17.7 Å². The molecule has 0 bridgehead atoms. The molecule has 0 spiro atoms. The van der Waals surface area contributed by atoms with Gasteiger partial charge in [0.2, 0.25) is 5.95 Å². The van der Waals surface area contributed by atoms with Crippen LogP contribution in [0.2, 0.25) is 0 Å². The Bertz CT molecular complexity index is 1280. The lowest BCUT2D eigenvalue weighted by molar-refractivity contribution is 0.0672. The number of imidazole rings is 1. The lowest BCUT2D eigenvalue weighted by Crippen LogP contribution is -2.29. The summed E-state index contributed by atoms with van der Waals surface area (Å²) in [6.45, 7) is 6.46. The van der Waals surface area contributed by atoms with Crippen LogP contribution in [0.25, 0.3) is 11.2 Å². The zero-order chi connectivity index (χ0) is 25.0. The molecule has 0 fully saturated rings. The van der Waals surface area contributed by atoms with Crippen molar-refractivity contribution in [2.24, 2.45) is 0 Å². The van der Waals surface area contributed by atoms with E-state index >= 15 is 0 Å². The normalized spacial score (nSPS) is 12.5. The first-order valence-electron chi connectivity index (χ1n) is 11.6. The van der Waals surface area contributed by atoms with E-state index in [1.54, 1.807) is 45.5 Å². The molecule has 2 aromatic heterocycles. The maximum atomic E-state index is 10.3. The van der Waals surface area contributed by atoms with Crippen LogP contribution in [0, 0.1) is 0 Å². The van der Waals surface area contributed by atoms with E-state index < -0.39 is 5.60 Å². The van der Waals surface area contributed by atoms with Crippen molar-refractivity contribution in [3.8, 4) is 11.5 Å². The van der Waals surface area contributed by atoms with E-state index in [1.807, 2.05) is 29.7 Å². The molecule has 0 radical (unpaired) electrons. The summed E-state index contributed by atoms with van der Waals surface area (Å²) in [7, 11) is 1.59. The second-order valence-corrected chi connectivity index (χ2v) is 9.34. The number of anilines is 2. The number of hydrogen-bond donors (Lipinski definition) is 4. The molecule has 2 aromatic carbocycles. The van der Waals surface area contributed by atoms with Gasteiger partial charge in [0.1, 0.15) is 11.5 Å². The molecule has 35 heavy (non-hydrogen) atoms. The van der Waals surface area contributed by atoms with Gasteiger partial charge >= 0.3 is 0 Å². The fourth-order valence-electron chi connectivity index (χ4n) is 4.06. The number of benzene rings is 2. The van der Waals surface area contributed by atoms with Gasteiger partial charge in [-0.2, -0.15) is 9.97 Å². The number of phenols is 1. The van der Waals surface area contributed by atoms with Gasteiger partial charge in [0.05, 0.1) is 25.6 Å². The predicted molar refractivity (Wildman–Crippen MR) is 137 cm³/mol. The summed E-state index contributed by atoms with van der Waals surface area (Å²) < 4.78 is 7.26. The van der Waals surface area contributed by atoms with Crippen molar-refractivity contribution >= 4 is 22.9 Å². The van der Waals surface area contributed by atoms with E-state index in [0.29, 0.717) is 53.8 Å². The molecular weight excluding hydrogens is 444 g/mol. The van der Waals surface area contributed by atoms with Crippen molar-refractivity contribution in [3.63, 3.8) is 0 Å². The third-order valence-corrected chi connectivity index (χ3v) is 5.57. The number of methoxy groups -OCH3 is 1. The summed E-state index contributed by atoms with van der Waals surface area (Å²) in [5.41, 5.74) is 2.29. The number of rotatable bonds is 10. The standard InChI is InChI=1S/C26H32N6O3/c1-17(13-26(2,3)34)29-25-30-23(27-14-19-12-20(35-4)10-11-21(19)33)22-24(31-25)32(16-28-22)15-18-8-6-5-7-9-18/h5-12,16-17,33-34H,13-15H2,1-4H3,(H2,27,29,30,31). The van der Waals surface area contributed by atoms with Gasteiger partial charge in [-0.1, -0.05) is 30.3 Å². The molecule has 9 nitrogen and oxygen atoms in total. The summed E-state index contributed by atoms with van der Waals surface area (Å²) in [4.78, 5) is 14.0. The molecule has 0 saturated carbocycles. The van der Waals surface area contributed by atoms with Crippen molar-refractivity contribution in [3.05, 3.63) is 66.0 Å². The van der Waals surface area contributed by atoms with E-state index in [4.69, 9.17) is 9.72 Å². The number of ether oxygens (including phenoxy) is 1. The molecule has 4 aromatic rings. The minimum atomic E-state index is -0.823. The Balaban J connectivity index is 1.67. The molecule has 1 unspecified atom stereocenters. The number of hydrogen-bond acceptors (Lipinski definition) is 8. The Morgan fingerprint density at radius 2 is 1.89 bits per heavy atom. The monoisotopic (exact) mass is 476 g/mol. The zero-order valence-corrected chi connectivity index (χ0v) is 20.5. The highest BCUT2D eigenvalue weighted by atomic mass is 16.5. The molecule has 2 heterocycles. The van der Waals surface area contributed by atoms with Crippen LogP contribution in [0.15, 0.2) is 54.9 Å². The molecular formula is C26H32N6O3. The summed E-state index contributed by atoms with van der Waals surface area (Å²) in [5, 5.41) is 27.1. The Kier molecular flexibility index (Phi) is 7.07. The predicted octanol–water partition coefficient (Wildman–Crippen LogP) is 4.16. The van der Waals surface area contributed by atoms with Crippen LogP contribution in [0.1, 0.15) is 38.3 Å². The average Bonchev–Trinajstić information content (AvgIpc) is 3.20. The van der Waals surface area contributed by atoms with Crippen LogP contribution in [0.4, 0.5) is 11.8 Å². The largest absolute Gasteiger partial charge is 0.508 e. The van der Waals surface area contributed by atoms with Gasteiger partial charge in [-0.25, -0.2) is 4.98 Å². The van der Waals surface area contributed by atoms with Crippen molar-refractivity contribution < 1.29 is 14.9 Å². The highest BCUT2D eigenvalue weighted by Crippen LogP contribution is 2.27. The van der Waals surface area contributed by atoms with E-state index in [9.17, 15) is 10.2 Å². The van der Waals surface area contributed by atoms with Gasteiger partial charge in [-0.3, -0.25) is 0 Å². The second kappa shape index (κ2) is 10.2.